The van der Waals surface area contributed by atoms with Gasteiger partial charge in [0.2, 0.25) is 5.88 Å². The van der Waals surface area contributed by atoms with E-state index in [1.807, 2.05) is 18.2 Å². The zero-order valence-corrected chi connectivity index (χ0v) is 12.2. The fourth-order valence-corrected chi connectivity index (χ4v) is 2.07. The highest BCUT2D eigenvalue weighted by atomic mass is 16.5. The van der Waals surface area contributed by atoms with E-state index in [1.54, 1.807) is 25.8 Å². The molecule has 3 rings (SSSR count). The van der Waals surface area contributed by atoms with Crippen molar-refractivity contribution in [3.05, 3.63) is 48.2 Å². The van der Waals surface area contributed by atoms with Crippen LogP contribution in [0.1, 0.15) is 16.1 Å². The second-order valence-corrected chi connectivity index (χ2v) is 4.69. The van der Waals surface area contributed by atoms with E-state index in [2.05, 4.69) is 10.4 Å². The molecule has 7 nitrogen and oxygen atoms in total. The van der Waals surface area contributed by atoms with Gasteiger partial charge in [0, 0.05) is 13.2 Å². The maximum atomic E-state index is 12.1. The molecule has 3 aromatic rings. The van der Waals surface area contributed by atoms with E-state index in [0.29, 0.717) is 23.0 Å². The van der Waals surface area contributed by atoms with Gasteiger partial charge in [-0.1, -0.05) is 0 Å². The van der Waals surface area contributed by atoms with Crippen molar-refractivity contribution in [2.45, 2.75) is 6.54 Å². The minimum absolute atomic E-state index is 0.272. The van der Waals surface area contributed by atoms with E-state index in [4.69, 9.17) is 13.6 Å². The normalized spacial score (nSPS) is 10.6. The molecule has 0 fully saturated rings. The van der Waals surface area contributed by atoms with Gasteiger partial charge in [0.15, 0.2) is 0 Å². The molecule has 0 saturated carbocycles. The van der Waals surface area contributed by atoms with Crippen LogP contribution in [0, 0.1) is 0 Å². The Morgan fingerprint density at radius 3 is 3.00 bits per heavy atom. The number of hydrogen-bond donors (Lipinski definition) is 1. The number of furan rings is 2. The molecule has 0 aliphatic rings. The Bertz CT molecular complexity index is 771. The average Bonchev–Trinajstić information content (AvgIpc) is 3.24. The first-order chi connectivity index (χ1) is 10.7. The molecule has 1 N–H and O–H groups in total. The van der Waals surface area contributed by atoms with E-state index < -0.39 is 0 Å². The topological polar surface area (TPSA) is 82.4 Å². The maximum Gasteiger partial charge on any atom is 0.258 e. The van der Waals surface area contributed by atoms with Crippen LogP contribution in [0.15, 0.2) is 45.8 Å². The highest BCUT2D eigenvalue weighted by Crippen LogP contribution is 2.22. The van der Waals surface area contributed by atoms with Crippen molar-refractivity contribution in [2.24, 2.45) is 7.05 Å². The summed E-state index contributed by atoms with van der Waals surface area (Å²) in [6.45, 7) is 0.273. The zero-order chi connectivity index (χ0) is 15.5. The number of methoxy groups -OCH3 is 1. The Labute approximate surface area is 126 Å². The van der Waals surface area contributed by atoms with Crippen LogP contribution in [0.3, 0.4) is 0 Å². The Morgan fingerprint density at radius 2 is 2.27 bits per heavy atom. The van der Waals surface area contributed by atoms with Crippen molar-refractivity contribution in [3.63, 3.8) is 0 Å². The predicted molar refractivity (Wildman–Crippen MR) is 77.3 cm³/mol. The van der Waals surface area contributed by atoms with Gasteiger partial charge in [0.05, 0.1) is 25.5 Å². The number of ether oxygens (including phenoxy) is 1. The monoisotopic (exact) mass is 301 g/mol. The molecular formula is C15H15N3O4. The number of carbonyl (C=O) groups excluding carboxylic acids is 1. The van der Waals surface area contributed by atoms with Crippen molar-refractivity contribution in [1.82, 2.24) is 15.1 Å². The largest absolute Gasteiger partial charge is 0.479 e. The molecule has 3 heterocycles. The van der Waals surface area contributed by atoms with Crippen LogP contribution in [-0.2, 0) is 13.6 Å². The Hall–Kier alpha value is -2.96. The quantitative estimate of drug-likeness (QED) is 0.781. The van der Waals surface area contributed by atoms with Crippen LogP contribution in [0.5, 0.6) is 5.88 Å². The maximum absolute atomic E-state index is 12.1. The molecule has 0 aromatic carbocycles. The summed E-state index contributed by atoms with van der Waals surface area (Å²) in [7, 11) is 3.20. The number of rotatable bonds is 5. The zero-order valence-electron chi connectivity index (χ0n) is 12.2. The summed E-state index contributed by atoms with van der Waals surface area (Å²) in [6.07, 6.45) is 4.78. The number of nitrogens with zero attached hydrogens (tertiary/aromatic N) is 2. The van der Waals surface area contributed by atoms with Crippen LogP contribution in [0.25, 0.3) is 11.3 Å². The van der Waals surface area contributed by atoms with Gasteiger partial charge in [-0.05, 0) is 18.2 Å². The van der Waals surface area contributed by atoms with E-state index in [0.717, 1.165) is 5.56 Å². The number of amides is 1. The van der Waals surface area contributed by atoms with Crippen LogP contribution >= 0.6 is 0 Å². The Balaban J connectivity index is 1.66. The lowest BCUT2D eigenvalue weighted by Crippen LogP contribution is -2.22. The third-order valence-corrected chi connectivity index (χ3v) is 3.12. The van der Waals surface area contributed by atoms with Gasteiger partial charge in [-0.3, -0.25) is 9.48 Å². The summed E-state index contributed by atoms with van der Waals surface area (Å²) in [5, 5.41) is 6.82. The van der Waals surface area contributed by atoms with Crippen LogP contribution in [0.2, 0.25) is 0 Å². The predicted octanol–water partition coefficient (Wildman–Crippen LogP) is 2.21. The molecule has 114 valence electrons. The van der Waals surface area contributed by atoms with Gasteiger partial charge >= 0.3 is 0 Å². The third kappa shape index (κ3) is 2.73. The van der Waals surface area contributed by atoms with Gasteiger partial charge in [-0.25, -0.2) is 0 Å². The molecule has 0 aliphatic carbocycles. The highest BCUT2D eigenvalue weighted by Gasteiger charge is 2.16. The number of nitrogens with one attached hydrogen (secondary N) is 1. The fraction of sp³-hybridized carbons (Fsp3) is 0.200. The molecule has 0 aliphatic heterocycles. The molecule has 3 aromatic heterocycles. The summed E-state index contributed by atoms with van der Waals surface area (Å²) < 4.78 is 17.2. The van der Waals surface area contributed by atoms with Crippen LogP contribution < -0.4 is 10.1 Å². The lowest BCUT2D eigenvalue weighted by molar-refractivity contribution is 0.0945. The van der Waals surface area contributed by atoms with Gasteiger partial charge in [-0.2, -0.15) is 0 Å². The van der Waals surface area contributed by atoms with Gasteiger partial charge < -0.3 is 18.9 Å². The van der Waals surface area contributed by atoms with Crippen LogP contribution in [0.4, 0.5) is 0 Å². The third-order valence-electron chi connectivity index (χ3n) is 3.12. The average molecular weight is 301 g/mol. The lowest BCUT2D eigenvalue weighted by Gasteiger charge is -2.02. The Kier molecular flexibility index (Phi) is 3.69. The van der Waals surface area contributed by atoms with E-state index in [-0.39, 0.29) is 12.5 Å². The standard InChI is InChI=1S/C15H15N3O4/c1-18-8-12(15(17-18)20-2)14(19)16-7-11-3-4-13(22-11)10-5-6-21-9-10/h3-6,8-9H,7H2,1-2H3,(H,16,19). The molecule has 1 amide bonds. The fourth-order valence-electron chi connectivity index (χ4n) is 2.07. The number of hydrogen-bond acceptors (Lipinski definition) is 5. The smallest absolute Gasteiger partial charge is 0.258 e. The first kappa shape index (κ1) is 14.0. The Morgan fingerprint density at radius 1 is 1.41 bits per heavy atom. The minimum atomic E-state index is -0.272. The van der Waals surface area contributed by atoms with Gasteiger partial charge in [-0.15, -0.1) is 5.10 Å². The number of aromatic nitrogens is 2. The molecule has 0 bridgehead atoms. The summed E-state index contributed by atoms with van der Waals surface area (Å²) in [6, 6.07) is 5.45. The van der Waals surface area contributed by atoms with E-state index in [9.17, 15) is 4.79 Å². The summed E-state index contributed by atoms with van der Waals surface area (Å²) >= 11 is 0. The molecule has 7 heteroatoms. The minimum Gasteiger partial charge on any atom is -0.479 e. The number of aryl methyl sites for hydroxylation is 1. The molecule has 0 unspecified atom stereocenters. The molecule has 22 heavy (non-hydrogen) atoms. The van der Waals surface area contributed by atoms with Crippen molar-refractivity contribution in [2.75, 3.05) is 7.11 Å². The first-order valence-corrected chi connectivity index (χ1v) is 6.64. The summed E-state index contributed by atoms with van der Waals surface area (Å²) in [5.41, 5.74) is 1.23. The molecule has 0 saturated heterocycles. The second-order valence-electron chi connectivity index (χ2n) is 4.69. The first-order valence-electron chi connectivity index (χ1n) is 6.64. The van der Waals surface area contributed by atoms with Crippen LogP contribution in [-0.4, -0.2) is 22.8 Å². The molecule has 0 spiro atoms. The molecule has 0 atom stereocenters. The van der Waals surface area contributed by atoms with E-state index in [1.165, 1.54) is 11.8 Å². The SMILES string of the molecule is COc1nn(C)cc1C(=O)NCc1ccc(-c2ccoc2)o1. The molecular weight excluding hydrogens is 286 g/mol. The summed E-state index contributed by atoms with van der Waals surface area (Å²) in [4.78, 5) is 12.1. The number of carbonyl (C=O) groups is 1. The van der Waals surface area contributed by atoms with E-state index >= 15 is 0 Å². The summed E-state index contributed by atoms with van der Waals surface area (Å²) in [5.74, 6) is 1.36. The van der Waals surface area contributed by atoms with Crippen molar-refractivity contribution in [1.29, 1.82) is 0 Å². The second kappa shape index (κ2) is 5.80. The molecule has 0 radical (unpaired) electrons. The van der Waals surface area contributed by atoms with Gasteiger partial charge in [0.25, 0.3) is 5.91 Å². The van der Waals surface area contributed by atoms with Crippen molar-refractivity contribution in [3.8, 4) is 17.2 Å². The highest BCUT2D eigenvalue weighted by molar-refractivity contribution is 5.96. The van der Waals surface area contributed by atoms with Crippen molar-refractivity contribution >= 4 is 5.91 Å². The van der Waals surface area contributed by atoms with Crippen molar-refractivity contribution < 1.29 is 18.4 Å². The van der Waals surface area contributed by atoms with Gasteiger partial charge in [0.1, 0.15) is 23.3 Å². The lowest BCUT2D eigenvalue weighted by atomic mass is 10.3.